The average Bonchev–Trinajstić information content (AvgIpc) is 3.30. The molecule has 0 radical (unpaired) electrons. The minimum Gasteiger partial charge on any atom is -0.457 e. The van der Waals surface area contributed by atoms with E-state index < -0.39 is 30.4 Å². The third-order valence-corrected chi connectivity index (χ3v) is 5.25. The number of carbonyl (C=O) groups is 1. The molecule has 1 atom stereocenters. The molecule has 0 aliphatic carbocycles. The van der Waals surface area contributed by atoms with E-state index in [4.69, 9.17) is 4.74 Å². The van der Waals surface area contributed by atoms with E-state index in [0.717, 1.165) is 12.1 Å². The van der Waals surface area contributed by atoms with Gasteiger partial charge in [0.05, 0.1) is 17.9 Å². The SMILES string of the molecule is Cn1nccc1-c1cc(C(F)(F)F)ccc1Oc1ccc(NC(=O)c2ccncn2)c([C@H](O)CO)c1. The second kappa shape index (κ2) is 10.1. The molecule has 4 aromatic rings. The number of ether oxygens (including phenoxy) is 1. The van der Waals surface area contributed by atoms with E-state index in [2.05, 4.69) is 20.4 Å². The number of carbonyl (C=O) groups excluding carboxylic acids is 1. The lowest BCUT2D eigenvalue weighted by molar-refractivity contribution is -0.137. The van der Waals surface area contributed by atoms with Gasteiger partial charge in [0.25, 0.3) is 5.91 Å². The largest absolute Gasteiger partial charge is 0.457 e. The number of nitrogens with zero attached hydrogens (tertiary/aromatic N) is 4. The van der Waals surface area contributed by atoms with Crippen LogP contribution in [0.1, 0.15) is 27.7 Å². The summed E-state index contributed by atoms with van der Waals surface area (Å²) in [6.45, 7) is -0.652. The number of aliphatic hydroxyl groups excluding tert-OH is 2. The van der Waals surface area contributed by atoms with Gasteiger partial charge in [-0.1, -0.05) is 0 Å². The van der Waals surface area contributed by atoms with Crippen LogP contribution in [0.2, 0.25) is 0 Å². The van der Waals surface area contributed by atoms with Crippen molar-refractivity contribution in [3.8, 4) is 22.8 Å². The Hall–Kier alpha value is -4.29. The van der Waals surface area contributed by atoms with Crippen molar-refractivity contribution >= 4 is 11.6 Å². The molecular weight excluding hydrogens is 479 g/mol. The van der Waals surface area contributed by atoms with Gasteiger partial charge in [-0.3, -0.25) is 9.48 Å². The van der Waals surface area contributed by atoms with Gasteiger partial charge in [-0.2, -0.15) is 18.3 Å². The molecular formula is C24H20F3N5O4. The smallest absolute Gasteiger partial charge is 0.416 e. The highest BCUT2D eigenvalue weighted by atomic mass is 19.4. The average molecular weight is 499 g/mol. The van der Waals surface area contributed by atoms with Crippen molar-refractivity contribution in [2.45, 2.75) is 12.3 Å². The molecule has 0 fully saturated rings. The molecule has 1 amide bonds. The molecule has 0 bridgehead atoms. The van der Waals surface area contributed by atoms with E-state index >= 15 is 0 Å². The number of rotatable bonds is 7. The van der Waals surface area contributed by atoms with Crippen LogP contribution in [0.4, 0.5) is 18.9 Å². The number of aliphatic hydroxyl groups is 2. The molecule has 0 saturated carbocycles. The van der Waals surface area contributed by atoms with Crippen molar-refractivity contribution in [2.75, 3.05) is 11.9 Å². The summed E-state index contributed by atoms with van der Waals surface area (Å²) < 4.78 is 47.4. The Morgan fingerprint density at radius 2 is 1.94 bits per heavy atom. The number of aryl methyl sites for hydroxylation is 1. The molecule has 9 nitrogen and oxygen atoms in total. The fourth-order valence-electron chi connectivity index (χ4n) is 3.46. The normalized spacial score (nSPS) is 12.3. The third kappa shape index (κ3) is 5.34. The van der Waals surface area contributed by atoms with E-state index in [-0.39, 0.29) is 34.0 Å². The van der Waals surface area contributed by atoms with E-state index in [9.17, 15) is 28.2 Å². The highest BCUT2D eigenvalue weighted by molar-refractivity contribution is 6.03. The second-order valence-electron chi connectivity index (χ2n) is 7.65. The summed E-state index contributed by atoms with van der Waals surface area (Å²) in [6.07, 6.45) is -1.89. The number of hydrogen-bond acceptors (Lipinski definition) is 7. The third-order valence-electron chi connectivity index (χ3n) is 5.25. The van der Waals surface area contributed by atoms with Gasteiger partial charge >= 0.3 is 6.18 Å². The quantitative estimate of drug-likeness (QED) is 0.352. The number of aromatic nitrogens is 4. The number of nitrogens with one attached hydrogen (secondary N) is 1. The van der Waals surface area contributed by atoms with Gasteiger partial charge in [0.15, 0.2) is 0 Å². The first-order valence-electron chi connectivity index (χ1n) is 10.5. The summed E-state index contributed by atoms with van der Waals surface area (Å²) in [5, 5.41) is 26.5. The van der Waals surface area contributed by atoms with Crippen molar-refractivity contribution in [1.29, 1.82) is 0 Å². The molecule has 3 N–H and O–H groups in total. The highest BCUT2D eigenvalue weighted by Crippen LogP contribution is 2.39. The molecule has 0 saturated heterocycles. The molecule has 2 aromatic heterocycles. The van der Waals surface area contributed by atoms with Gasteiger partial charge in [-0.05, 0) is 48.5 Å². The predicted octanol–water partition coefficient (Wildman–Crippen LogP) is 3.97. The summed E-state index contributed by atoms with van der Waals surface area (Å²) in [4.78, 5) is 20.1. The van der Waals surface area contributed by atoms with Crippen LogP contribution in [0.3, 0.4) is 0 Å². The van der Waals surface area contributed by atoms with Crippen LogP contribution in [-0.2, 0) is 13.2 Å². The lowest BCUT2D eigenvalue weighted by Crippen LogP contribution is -2.16. The number of halogens is 3. The van der Waals surface area contributed by atoms with Gasteiger partial charge in [-0.15, -0.1) is 0 Å². The van der Waals surface area contributed by atoms with Gasteiger partial charge < -0.3 is 20.3 Å². The highest BCUT2D eigenvalue weighted by Gasteiger charge is 2.32. The van der Waals surface area contributed by atoms with Crippen LogP contribution in [0, 0.1) is 0 Å². The summed E-state index contributed by atoms with van der Waals surface area (Å²) in [5.41, 5.74) is 0.0828. The van der Waals surface area contributed by atoms with Crippen LogP contribution in [0.15, 0.2) is 67.3 Å². The zero-order valence-corrected chi connectivity index (χ0v) is 18.8. The predicted molar refractivity (Wildman–Crippen MR) is 122 cm³/mol. The Balaban J connectivity index is 1.70. The molecule has 12 heteroatoms. The molecule has 36 heavy (non-hydrogen) atoms. The lowest BCUT2D eigenvalue weighted by Gasteiger charge is -2.18. The molecule has 4 rings (SSSR count). The van der Waals surface area contributed by atoms with Crippen molar-refractivity contribution < 1.29 is 32.9 Å². The molecule has 2 heterocycles. The van der Waals surface area contributed by atoms with Crippen LogP contribution >= 0.6 is 0 Å². The van der Waals surface area contributed by atoms with E-state index in [0.29, 0.717) is 5.69 Å². The molecule has 186 valence electrons. The lowest BCUT2D eigenvalue weighted by atomic mass is 10.1. The number of hydrogen-bond donors (Lipinski definition) is 3. The fraction of sp³-hybridized carbons (Fsp3) is 0.167. The summed E-state index contributed by atoms with van der Waals surface area (Å²) in [7, 11) is 1.59. The first-order chi connectivity index (χ1) is 17.2. The number of benzene rings is 2. The Morgan fingerprint density at radius 3 is 2.58 bits per heavy atom. The Kier molecular flexibility index (Phi) is 6.99. The van der Waals surface area contributed by atoms with Crippen LogP contribution in [0.25, 0.3) is 11.3 Å². The number of anilines is 1. The Bertz CT molecular complexity index is 1380. The fourth-order valence-corrected chi connectivity index (χ4v) is 3.46. The minimum atomic E-state index is -4.56. The van der Waals surface area contributed by atoms with E-state index in [1.54, 1.807) is 13.1 Å². The maximum Gasteiger partial charge on any atom is 0.416 e. The zero-order valence-electron chi connectivity index (χ0n) is 18.8. The monoisotopic (exact) mass is 499 g/mol. The summed E-state index contributed by atoms with van der Waals surface area (Å²) >= 11 is 0. The van der Waals surface area contributed by atoms with Crippen molar-refractivity contribution in [2.24, 2.45) is 7.05 Å². The molecule has 0 spiro atoms. The first kappa shape index (κ1) is 24.8. The molecule has 0 aliphatic rings. The van der Waals surface area contributed by atoms with Gasteiger partial charge in [-0.25, -0.2) is 9.97 Å². The Labute approximate surface area is 202 Å². The molecule has 0 unspecified atom stereocenters. The summed E-state index contributed by atoms with van der Waals surface area (Å²) in [6, 6.07) is 10.3. The first-order valence-corrected chi connectivity index (χ1v) is 10.5. The van der Waals surface area contributed by atoms with E-state index in [1.807, 2.05) is 0 Å². The van der Waals surface area contributed by atoms with Gasteiger partial charge in [0.1, 0.15) is 29.6 Å². The zero-order chi connectivity index (χ0) is 25.9. The summed E-state index contributed by atoms with van der Waals surface area (Å²) in [5.74, 6) is -0.312. The van der Waals surface area contributed by atoms with Crippen LogP contribution in [-0.4, -0.2) is 42.5 Å². The van der Waals surface area contributed by atoms with Gasteiger partial charge in [0, 0.05) is 36.3 Å². The van der Waals surface area contributed by atoms with E-state index in [1.165, 1.54) is 53.7 Å². The molecule has 2 aromatic carbocycles. The van der Waals surface area contributed by atoms with Crippen LogP contribution < -0.4 is 10.1 Å². The van der Waals surface area contributed by atoms with Crippen molar-refractivity contribution in [3.05, 3.63) is 84.1 Å². The maximum absolute atomic E-state index is 13.4. The van der Waals surface area contributed by atoms with Gasteiger partial charge in [0.2, 0.25) is 0 Å². The number of alkyl halides is 3. The van der Waals surface area contributed by atoms with Crippen molar-refractivity contribution in [3.63, 3.8) is 0 Å². The van der Waals surface area contributed by atoms with Crippen molar-refractivity contribution in [1.82, 2.24) is 19.7 Å². The minimum absolute atomic E-state index is 0.0836. The standard InChI is InChI=1S/C24H20F3N5O4/c1-32-20(7-9-30-32)17-10-14(24(25,26)27)2-5-22(17)36-15-3-4-18(16(11-15)21(34)12-33)31-23(35)19-6-8-28-13-29-19/h2-11,13,21,33-34H,12H2,1H3,(H,31,35)/t21-/m1/s1. The Morgan fingerprint density at radius 1 is 1.14 bits per heavy atom. The maximum atomic E-state index is 13.4. The topological polar surface area (TPSA) is 122 Å². The van der Waals surface area contributed by atoms with Crippen LogP contribution in [0.5, 0.6) is 11.5 Å². The second-order valence-corrected chi connectivity index (χ2v) is 7.65. The number of amides is 1. The molecule has 0 aliphatic heterocycles.